The van der Waals surface area contributed by atoms with E-state index in [1.54, 1.807) is 0 Å². The molecule has 1 aliphatic carbocycles. The topological polar surface area (TPSA) is 58.0 Å². The number of aromatic nitrogens is 2. The van der Waals surface area contributed by atoms with Crippen LogP contribution in [0, 0.1) is 0 Å². The molecule has 0 aliphatic heterocycles. The van der Waals surface area contributed by atoms with Crippen LogP contribution in [0.15, 0.2) is 0 Å². The summed E-state index contributed by atoms with van der Waals surface area (Å²) < 4.78 is 4.21. The highest BCUT2D eigenvalue weighted by atomic mass is 32.1. The van der Waals surface area contributed by atoms with Crippen LogP contribution in [0.3, 0.4) is 0 Å². The number of anilines is 1. The minimum absolute atomic E-state index is 0.163. The second kappa shape index (κ2) is 4.90. The standard InChI is InChI=1S/C10H17N3OS/c1-2-9-12-10(15-13-9)11-7-5-3-4-6-8(7)14/h7-8,14H,2-6H2,1H3,(H,11,12,13). The molecule has 1 saturated carbocycles. The summed E-state index contributed by atoms with van der Waals surface area (Å²) >= 11 is 1.39. The van der Waals surface area contributed by atoms with Crippen LogP contribution < -0.4 is 5.32 Å². The van der Waals surface area contributed by atoms with Gasteiger partial charge in [-0.15, -0.1) is 0 Å². The number of aryl methyl sites for hydroxylation is 1. The minimum atomic E-state index is -0.229. The fraction of sp³-hybridized carbons (Fsp3) is 0.800. The Hall–Kier alpha value is -0.680. The second-order valence-electron chi connectivity index (χ2n) is 3.97. The van der Waals surface area contributed by atoms with Gasteiger partial charge < -0.3 is 10.4 Å². The lowest BCUT2D eigenvalue weighted by molar-refractivity contribution is 0.116. The van der Waals surface area contributed by atoms with Gasteiger partial charge in [0.25, 0.3) is 0 Å². The van der Waals surface area contributed by atoms with E-state index in [1.807, 2.05) is 6.92 Å². The number of rotatable bonds is 3. The molecule has 15 heavy (non-hydrogen) atoms. The van der Waals surface area contributed by atoms with E-state index in [2.05, 4.69) is 14.7 Å². The maximum atomic E-state index is 9.79. The predicted molar refractivity (Wildman–Crippen MR) is 61.2 cm³/mol. The van der Waals surface area contributed by atoms with Crippen molar-refractivity contribution in [1.82, 2.24) is 9.36 Å². The lowest BCUT2D eigenvalue weighted by atomic mass is 9.93. The largest absolute Gasteiger partial charge is 0.391 e. The molecule has 0 radical (unpaired) electrons. The lowest BCUT2D eigenvalue weighted by Crippen LogP contribution is -2.36. The van der Waals surface area contributed by atoms with Crippen LogP contribution in [0.4, 0.5) is 5.13 Å². The molecule has 2 N–H and O–H groups in total. The molecule has 4 nitrogen and oxygen atoms in total. The molecule has 0 bridgehead atoms. The summed E-state index contributed by atoms with van der Waals surface area (Å²) in [4.78, 5) is 4.34. The van der Waals surface area contributed by atoms with Gasteiger partial charge in [-0.3, -0.25) is 0 Å². The van der Waals surface area contributed by atoms with Crippen molar-refractivity contribution >= 4 is 16.7 Å². The normalized spacial score (nSPS) is 26.5. The van der Waals surface area contributed by atoms with E-state index in [0.717, 1.165) is 36.6 Å². The van der Waals surface area contributed by atoms with Gasteiger partial charge in [-0.1, -0.05) is 19.8 Å². The van der Waals surface area contributed by atoms with Crippen LogP contribution in [0.2, 0.25) is 0 Å². The molecule has 0 aromatic carbocycles. The molecule has 0 saturated heterocycles. The Morgan fingerprint density at radius 3 is 2.93 bits per heavy atom. The Kier molecular flexibility index (Phi) is 3.53. The summed E-state index contributed by atoms with van der Waals surface area (Å²) in [7, 11) is 0. The van der Waals surface area contributed by atoms with Crippen molar-refractivity contribution in [3.8, 4) is 0 Å². The van der Waals surface area contributed by atoms with Crippen molar-refractivity contribution in [3.05, 3.63) is 5.82 Å². The average Bonchev–Trinajstić information content (AvgIpc) is 2.69. The maximum absolute atomic E-state index is 9.79. The van der Waals surface area contributed by atoms with Gasteiger partial charge in [0, 0.05) is 18.0 Å². The van der Waals surface area contributed by atoms with E-state index in [9.17, 15) is 5.11 Å². The third-order valence-corrected chi connectivity index (χ3v) is 3.51. The number of nitrogens with one attached hydrogen (secondary N) is 1. The summed E-state index contributed by atoms with van der Waals surface area (Å²) in [5.74, 6) is 0.882. The molecular weight excluding hydrogens is 210 g/mol. The molecular formula is C10H17N3OS. The Morgan fingerprint density at radius 1 is 1.47 bits per heavy atom. The molecule has 1 fully saturated rings. The summed E-state index contributed by atoms with van der Waals surface area (Å²) in [6.07, 6.45) is 4.89. The zero-order valence-corrected chi connectivity index (χ0v) is 9.76. The first-order valence-corrected chi connectivity index (χ1v) is 6.34. The van der Waals surface area contributed by atoms with Crippen molar-refractivity contribution < 1.29 is 5.11 Å². The van der Waals surface area contributed by atoms with Crippen LogP contribution in [0.5, 0.6) is 0 Å². The molecule has 2 atom stereocenters. The summed E-state index contributed by atoms with van der Waals surface area (Å²) in [6, 6.07) is 0.163. The molecule has 84 valence electrons. The molecule has 1 aromatic heterocycles. The second-order valence-corrected chi connectivity index (χ2v) is 4.72. The highest BCUT2D eigenvalue weighted by Crippen LogP contribution is 2.23. The van der Waals surface area contributed by atoms with E-state index in [0.29, 0.717) is 0 Å². The first kappa shape index (κ1) is 10.8. The quantitative estimate of drug-likeness (QED) is 0.827. The minimum Gasteiger partial charge on any atom is -0.391 e. The van der Waals surface area contributed by atoms with Gasteiger partial charge in [0.2, 0.25) is 5.13 Å². The lowest BCUT2D eigenvalue weighted by Gasteiger charge is -2.27. The Bertz CT molecular complexity index is 315. The summed E-state index contributed by atoms with van der Waals surface area (Å²) in [5, 5.41) is 13.9. The zero-order valence-electron chi connectivity index (χ0n) is 8.94. The van der Waals surface area contributed by atoms with Gasteiger partial charge in [0.05, 0.1) is 12.1 Å². The molecule has 5 heteroatoms. The summed E-state index contributed by atoms with van der Waals surface area (Å²) in [6.45, 7) is 2.04. The highest BCUT2D eigenvalue weighted by molar-refractivity contribution is 7.09. The fourth-order valence-corrected chi connectivity index (χ4v) is 2.61. The van der Waals surface area contributed by atoms with Gasteiger partial charge >= 0.3 is 0 Å². The van der Waals surface area contributed by atoms with Gasteiger partial charge in [-0.05, 0) is 12.8 Å². The number of hydrogen-bond donors (Lipinski definition) is 2. The highest BCUT2D eigenvalue weighted by Gasteiger charge is 2.23. The van der Waals surface area contributed by atoms with Crippen molar-refractivity contribution in [2.24, 2.45) is 0 Å². The Balaban J connectivity index is 1.95. The van der Waals surface area contributed by atoms with E-state index in [-0.39, 0.29) is 12.1 Å². The van der Waals surface area contributed by atoms with E-state index in [1.165, 1.54) is 18.0 Å². The molecule has 2 unspecified atom stereocenters. The average molecular weight is 227 g/mol. The first-order valence-electron chi connectivity index (χ1n) is 5.56. The molecule has 0 spiro atoms. The van der Waals surface area contributed by atoms with Crippen LogP contribution in [0.1, 0.15) is 38.4 Å². The van der Waals surface area contributed by atoms with E-state index in [4.69, 9.17) is 0 Å². The van der Waals surface area contributed by atoms with Crippen LogP contribution >= 0.6 is 11.5 Å². The van der Waals surface area contributed by atoms with Crippen molar-refractivity contribution in [2.45, 2.75) is 51.2 Å². The monoisotopic (exact) mass is 227 g/mol. The number of hydrogen-bond acceptors (Lipinski definition) is 5. The Labute approximate surface area is 93.9 Å². The number of nitrogens with zero attached hydrogens (tertiary/aromatic N) is 2. The predicted octanol–water partition coefficient (Wildman–Crippen LogP) is 1.82. The van der Waals surface area contributed by atoms with Crippen LogP contribution in [0.25, 0.3) is 0 Å². The maximum Gasteiger partial charge on any atom is 0.202 e. The third kappa shape index (κ3) is 2.66. The third-order valence-electron chi connectivity index (χ3n) is 2.82. The SMILES string of the molecule is CCc1nsc(NC2CCCCC2O)n1. The molecule has 0 amide bonds. The zero-order chi connectivity index (χ0) is 10.7. The van der Waals surface area contributed by atoms with Gasteiger partial charge in [0.15, 0.2) is 0 Å². The molecule has 1 aliphatic rings. The van der Waals surface area contributed by atoms with Crippen molar-refractivity contribution in [1.29, 1.82) is 0 Å². The van der Waals surface area contributed by atoms with Crippen molar-refractivity contribution in [3.63, 3.8) is 0 Å². The number of aliphatic hydroxyl groups is 1. The van der Waals surface area contributed by atoms with Crippen LogP contribution in [-0.2, 0) is 6.42 Å². The first-order chi connectivity index (χ1) is 7.29. The van der Waals surface area contributed by atoms with Crippen LogP contribution in [-0.4, -0.2) is 26.6 Å². The molecule has 1 heterocycles. The van der Waals surface area contributed by atoms with Gasteiger partial charge in [-0.25, -0.2) is 4.98 Å². The van der Waals surface area contributed by atoms with Crippen molar-refractivity contribution in [2.75, 3.05) is 5.32 Å². The number of aliphatic hydroxyl groups excluding tert-OH is 1. The smallest absolute Gasteiger partial charge is 0.202 e. The van der Waals surface area contributed by atoms with E-state index < -0.39 is 0 Å². The molecule has 2 rings (SSSR count). The fourth-order valence-electron chi connectivity index (χ4n) is 1.89. The van der Waals surface area contributed by atoms with Gasteiger partial charge in [0.1, 0.15) is 5.82 Å². The van der Waals surface area contributed by atoms with Gasteiger partial charge in [-0.2, -0.15) is 4.37 Å². The molecule has 1 aromatic rings. The van der Waals surface area contributed by atoms with E-state index >= 15 is 0 Å². The Morgan fingerprint density at radius 2 is 2.27 bits per heavy atom. The summed E-state index contributed by atoms with van der Waals surface area (Å²) in [5.41, 5.74) is 0.